The van der Waals surface area contributed by atoms with Gasteiger partial charge in [0.05, 0.1) is 6.61 Å². The van der Waals surface area contributed by atoms with Crippen molar-refractivity contribution in [1.82, 2.24) is 4.90 Å². The van der Waals surface area contributed by atoms with Crippen molar-refractivity contribution in [1.29, 1.82) is 0 Å². The highest BCUT2D eigenvalue weighted by molar-refractivity contribution is 9.10. The average Bonchev–Trinajstić information content (AvgIpc) is 2.77. The molecule has 4 heteroatoms. The molecule has 1 heterocycles. The monoisotopic (exact) mass is 325 g/mol. The summed E-state index contributed by atoms with van der Waals surface area (Å²) < 4.78 is 6.90. The van der Waals surface area contributed by atoms with Crippen LogP contribution < -0.4 is 4.74 Å². The first kappa shape index (κ1) is 14.4. The zero-order valence-electron chi connectivity index (χ0n) is 11.5. The molecule has 2 rings (SSSR count). The summed E-state index contributed by atoms with van der Waals surface area (Å²) in [7, 11) is 0. The molecule has 1 amide bonds. The fraction of sp³-hybridized carbons (Fsp3) is 0.533. The van der Waals surface area contributed by atoms with E-state index in [1.807, 2.05) is 17.0 Å². The summed E-state index contributed by atoms with van der Waals surface area (Å²) in [6, 6.07) is 4.08. The molecule has 104 valence electrons. The molecular weight excluding hydrogens is 306 g/mol. The van der Waals surface area contributed by atoms with Crippen molar-refractivity contribution in [2.24, 2.45) is 0 Å². The molecule has 0 saturated carbocycles. The highest BCUT2D eigenvalue weighted by Gasteiger charge is 2.18. The molecule has 1 fully saturated rings. The summed E-state index contributed by atoms with van der Waals surface area (Å²) in [5.41, 5.74) is 2.37. The van der Waals surface area contributed by atoms with Crippen LogP contribution in [0, 0.1) is 13.8 Å². The van der Waals surface area contributed by atoms with Gasteiger partial charge >= 0.3 is 0 Å². The first-order valence-corrected chi connectivity index (χ1v) is 7.54. The lowest BCUT2D eigenvalue weighted by atomic mass is 10.1. The Morgan fingerprint density at radius 2 is 2.00 bits per heavy atom. The zero-order valence-corrected chi connectivity index (χ0v) is 13.1. The lowest BCUT2D eigenvalue weighted by Gasteiger charge is -2.15. The van der Waals surface area contributed by atoms with E-state index in [4.69, 9.17) is 4.74 Å². The van der Waals surface area contributed by atoms with Crippen LogP contribution in [0.1, 0.15) is 30.4 Å². The molecule has 1 aliphatic rings. The standard InChI is InChI=1S/C15H20BrNO2/c1-11-9-13(10-12(2)15(11)16)19-8-4-7-17-6-3-5-14(17)18/h9-10H,3-8H2,1-2H3. The Bertz CT molecular complexity index is 450. The predicted molar refractivity (Wildman–Crippen MR) is 79.5 cm³/mol. The van der Waals surface area contributed by atoms with Gasteiger partial charge in [-0.1, -0.05) is 15.9 Å². The minimum atomic E-state index is 0.287. The number of hydrogen-bond donors (Lipinski definition) is 0. The first-order chi connectivity index (χ1) is 9.08. The van der Waals surface area contributed by atoms with Crippen molar-refractivity contribution in [2.45, 2.75) is 33.1 Å². The summed E-state index contributed by atoms with van der Waals surface area (Å²) in [5.74, 6) is 1.20. The quantitative estimate of drug-likeness (QED) is 0.776. The van der Waals surface area contributed by atoms with E-state index in [-0.39, 0.29) is 5.91 Å². The van der Waals surface area contributed by atoms with Gasteiger partial charge in [-0.3, -0.25) is 4.79 Å². The lowest BCUT2D eigenvalue weighted by molar-refractivity contribution is -0.127. The average molecular weight is 326 g/mol. The van der Waals surface area contributed by atoms with E-state index in [0.717, 1.165) is 36.2 Å². The highest BCUT2D eigenvalue weighted by Crippen LogP contribution is 2.26. The fourth-order valence-electron chi connectivity index (χ4n) is 2.38. The van der Waals surface area contributed by atoms with Gasteiger partial charge in [0.15, 0.2) is 0 Å². The van der Waals surface area contributed by atoms with Gasteiger partial charge in [-0.2, -0.15) is 0 Å². The molecule has 1 aliphatic heterocycles. The van der Waals surface area contributed by atoms with Gasteiger partial charge in [0, 0.05) is 24.0 Å². The molecule has 1 saturated heterocycles. The fourth-order valence-corrected chi connectivity index (χ4v) is 2.60. The number of hydrogen-bond acceptors (Lipinski definition) is 2. The lowest BCUT2D eigenvalue weighted by Crippen LogP contribution is -2.26. The van der Waals surface area contributed by atoms with Crippen LogP contribution in [0.25, 0.3) is 0 Å². The number of aryl methyl sites for hydroxylation is 2. The van der Waals surface area contributed by atoms with Crippen LogP contribution >= 0.6 is 15.9 Å². The van der Waals surface area contributed by atoms with E-state index in [9.17, 15) is 4.79 Å². The van der Waals surface area contributed by atoms with Gasteiger partial charge in [0.2, 0.25) is 5.91 Å². The number of nitrogens with zero attached hydrogens (tertiary/aromatic N) is 1. The Labute approximate surface area is 123 Å². The summed E-state index contributed by atoms with van der Waals surface area (Å²) in [6.07, 6.45) is 2.61. The Hall–Kier alpha value is -1.03. The largest absolute Gasteiger partial charge is 0.494 e. The molecule has 0 aromatic heterocycles. The van der Waals surface area contributed by atoms with E-state index in [1.165, 1.54) is 11.1 Å². The number of carbonyl (C=O) groups excluding carboxylic acids is 1. The smallest absolute Gasteiger partial charge is 0.222 e. The van der Waals surface area contributed by atoms with Gasteiger partial charge < -0.3 is 9.64 Å². The van der Waals surface area contributed by atoms with Crippen molar-refractivity contribution in [3.8, 4) is 5.75 Å². The van der Waals surface area contributed by atoms with Crippen molar-refractivity contribution in [2.75, 3.05) is 19.7 Å². The highest BCUT2D eigenvalue weighted by atomic mass is 79.9. The second kappa shape index (κ2) is 6.42. The minimum absolute atomic E-state index is 0.287. The third kappa shape index (κ3) is 3.72. The van der Waals surface area contributed by atoms with Gasteiger partial charge in [-0.05, 0) is 49.9 Å². The summed E-state index contributed by atoms with van der Waals surface area (Å²) in [4.78, 5) is 13.4. The summed E-state index contributed by atoms with van der Waals surface area (Å²) in [6.45, 7) is 6.51. The third-order valence-corrected chi connectivity index (χ3v) is 4.67. The van der Waals surface area contributed by atoms with E-state index < -0.39 is 0 Å². The second-order valence-electron chi connectivity index (χ2n) is 5.06. The van der Waals surface area contributed by atoms with Crippen molar-refractivity contribution in [3.05, 3.63) is 27.7 Å². The SMILES string of the molecule is Cc1cc(OCCCN2CCCC2=O)cc(C)c1Br. The number of halogens is 1. The normalized spacial score (nSPS) is 15.1. The van der Waals surface area contributed by atoms with Crippen LogP contribution in [0.4, 0.5) is 0 Å². The molecule has 19 heavy (non-hydrogen) atoms. The first-order valence-electron chi connectivity index (χ1n) is 6.75. The maximum atomic E-state index is 11.4. The van der Waals surface area contributed by atoms with Crippen LogP contribution in [0.2, 0.25) is 0 Å². The van der Waals surface area contributed by atoms with Crippen molar-refractivity contribution in [3.63, 3.8) is 0 Å². The number of benzene rings is 1. The van der Waals surface area contributed by atoms with Gasteiger partial charge in [0.1, 0.15) is 5.75 Å². The molecular formula is C15H20BrNO2. The number of rotatable bonds is 5. The molecule has 0 spiro atoms. The van der Waals surface area contributed by atoms with Crippen LogP contribution in [-0.4, -0.2) is 30.5 Å². The second-order valence-corrected chi connectivity index (χ2v) is 5.85. The van der Waals surface area contributed by atoms with Crippen molar-refractivity contribution < 1.29 is 9.53 Å². The third-order valence-electron chi connectivity index (χ3n) is 3.42. The van der Waals surface area contributed by atoms with Crippen molar-refractivity contribution >= 4 is 21.8 Å². The van der Waals surface area contributed by atoms with Gasteiger partial charge in [0.25, 0.3) is 0 Å². The maximum Gasteiger partial charge on any atom is 0.222 e. The van der Waals surface area contributed by atoms with Gasteiger partial charge in [-0.15, -0.1) is 0 Å². The van der Waals surface area contributed by atoms with Crippen LogP contribution in [-0.2, 0) is 4.79 Å². The Kier molecular flexibility index (Phi) is 4.86. The number of amides is 1. The van der Waals surface area contributed by atoms with E-state index in [2.05, 4.69) is 29.8 Å². The number of likely N-dealkylation sites (tertiary alicyclic amines) is 1. The Balaban J connectivity index is 1.78. The molecule has 0 unspecified atom stereocenters. The predicted octanol–water partition coefficient (Wildman–Crippen LogP) is 3.46. The molecule has 0 bridgehead atoms. The number of ether oxygens (including phenoxy) is 1. The molecule has 3 nitrogen and oxygen atoms in total. The molecule has 0 atom stereocenters. The topological polar surface area (TPSA) is 29.5 Å². The zero-order chi connectivity index (χ0) is 13.8. The number of carbonyl (C=O) groups is 1. The minimum Gasteiger partial charge on any atom is -0.494 e. The van der Waals surface area contributed by atoms with E-state index in [0.29, 0.717) is 13.0 Å². The van der Waals surface area contributed by atoms with Crippen LogP contribution in [0.15, 0.2) is 16.6 Å². The van der Waals surface area contributed by atoms with Crippen LogP contribution in [0.5, 0.6) is 5.75 Å². The van der Waals surface area contributed by atoms with Crippen LogP contribution in [0.3, 0.4) is 0 Å². The molecule has 1 aromatic rings. The van der Waals surface area contributed by atoms with Gasteiger partial charge in [-0.25, -0.2) is 0 Å². The Morgan fingerprint density at radius 1 is 1.32 bits per heavy atom. The Morgan fingerprint density at radius 3 is 2.58 bits per heavy atom. The maximum absolute atomic E-state index is 11.4. The molecule has 0 aliphatic carbocycles. The molecule has 0 radical (unpaired) electrons. The summed E-state index contributed by atoms with van der Waals surface area (Å²) >= 11 is 3.55. The summed E-state index contributed by atoms with van der Waals surface area (Å²) in [5, 5.41) is 0. The molecule has 0 N–H and O–H groups in total. The molecule has 1 aromatic carbocycles. The van der Waals surface area contributed by atoms with E-state index >= 15 is 0 Å². The van der Waals surface area contributed by atoms with E-state index in [1.54, 1.807) is 0 Å².